The second-order valence-electron chi connectivity index (χ2n) is 4.44. The monoisotopic (exact) mass is 266 g/mol. The van der Waals surface area contributed by atoms with Gasteiger partial charge in [-0.1, -0.05) is 37.0 Å². The number of methoxy groups -OCH3 is 1. The van der Waals surface area contributed by atoms with Crippen LogP contribution in [-0.4, -0.2) is 26.3 Å². The van der Waals surface area contributed by atoms with Gasteiger partial charge in [-0.05, 0) is 17.4 Å². The lowest BCUT2D eigenvalue weighted by molar-refractivity contribution is -0.147. The maximum absolute atomic E-state index is 11.7. The van der Waals surface area contributed by atoms with Crippen LogP contribution in [-0.2, 0) is 14.3 Å². The summed E-state index contributed by atoms with van der Waals surface area (Å²) >= 11 is 11.2. The zero-order valence-corrected chi connectivity index (χ0v) is 11.1. The number of hydrogen-bond acceptors (Lipinski definition) is 3. The largest absolute Gasteiger partial charge is 0.463 e. The molecule has 1 rings (SSSR count). The number of allylic oxidation sites excluding steroid dienone is 1. The number of ether oxygens (including phenoxy) is 2. The molecule has 0 aromatic rings. The molecule has 0 spiro atoms. The zero-order chi connectivity index (χ0) is 12.3. The van der Waals surface area contributed by atoms with E-state index in [4.69, 9.17) is 32.7 Å². The van der Waals surface area contributed by atoms with Crippen LogP contribution in [0.15, 0.2) is 10.6 Å². The lowest BCUT2D eigenvalue weighted by Gasteiger charge is -2.04. The fourth-order valence-electron chi connectivity index (χ4n) is 1.89. The molecule has 0 radical (unpaired) electrons. The third kappa shape index (κ3) is 3.12. The van der Waals surface area contributed by atoms with Gasteiger partial charge < -0.3 is 9.47 Å². The van der Waals surface area contributed by atoms with E-state index in [1.165, 1.54) is 0 Å². The maximum Gasteiger partial charge on any atom is 0.310 e. The van der Waals surface area contributed by atoms with Gasteiger partial charge in [0, 0.05) is 7.11 Å². The number of carbonyl (C=O) groups excluding carboxylic acids is 1. The van der Waals surface area contributed by atoms with Crippen LogP contribution >= 0.6 is 23.2 Å². The van der Waals surface area contributed by atoms with Crippen molar-refractivity contribution in [2.45, 2.75) is 13.8 Å². The van der Waals surface area contributed by atoms with E-state index in [0.29, 0.717) is 6.61 Å². The third-order valence-electron chi connectivity index (χ3n) is 3.00. The molecule has 0 saturated heterocycles. The van der Waals surface area contributed by atoms with E-state index in [2.05, 4.69) is 0 Å². The zero-order valence-electron chi connectivity index (χ0n) is 9.63. The summed E-state index contributed by atoms with van der Waals surface area (Å²) in [6, 6.07) is 0. The van der Waals surface area contributed by atoms with Crippen molar-refractivity contribution in [3.8, 4) is 0 Å². The van der Waals surface area contributed by atoms with E-state index < -0.39 is 0 Å². The molecule has 1 aliphatic carbocycles. The molecular weight excluding hydrogens is 251 g/mol. The molecule has 2 atom stereocenters. The van der Waals surface area contributed by atoms with Crippen molar-refractivity contribution < 1.29 is 14.3 Å². The van der Waals surface area contributed by atoms with E-state index in [-0.39, 0.29) is 34.3 Å². The number of rotatable bonds is 5. The minimum atomic E-state index is -0.210. The number of halogens is 2. The highest BCUT2D eigenvalue weighted by atomic mass is 35.5. The molecule has 1 saturated carbocycles. The van der Waals surface area contributed by atoms with Gasteiger partial charge in [-0.3, -0.25) is 4.79 Å². The van der Waals surface area contributed by atoms with Gasteiger partial charge in [-0.2, -0.15) is 0 Å². The Bertz CT molecular complexity index is 296. The molecular formula is C11H16Cl2O3. The smallest absolute Gasteiger partial charge is 0.310 e. The van der Waals surface area contributed by atoms with E-state index in [9.17, 15) is 4.79 Å². The van der Waals surface area contributed by atoms with E-state index in [0.717, 1.165) is 0 Å². The predicted octanol–water partition coefficient (Wildman–Crippen LogP) is 2.77. The first-order valence-corrected chi connectivity index (χ1v) is 5.85. The molecule has 2 unspecified atom stereocenters. The first kappa shape index (κ1) is 13.8. The molecule has 0 aromatic carbocycles. The van der Waals surface area contributed by atoms with Crippen molar-refractivity contribution in [1.82, 2.24) is 0 Å². The minimum absolute atomic E-state index is 0.0625. The average Bonchev–Trinajstić information content (AvgIpc) is 2.67. The SMILES string of the molecule is COCCOC(=O)C1C(C=C(Cl)Cl)C1(C)C. The van der Waals surface area contributed by atoms with E-state index in [1.54, 1.807) is 13.2 Å². The summed E-state index contributed by atoms with van der Waals surface area (Å²) in [5.41, 5.74) is -0.126. The number of carbonyl (C=O) groups is 1. The van der Waals surface area contributed by atoms with Crippen molar-refractivity contribution in [1.29, 1.82) is 0 Å². The first-order valence-electron chi connectivity index (χ1n) is 5.09. The van der Waals surface area contributed by atoms with Gasteiger partial charge in [0.25, 0.3) is 0 Å². The van der Waals surface area contributed by atoms with Gasteiger partial charge in [-0.25, -0.2) is 0 Å². The Morgan fingerprint density at radius 2 is 2.00 bits per heavy atom. The van der Waals surface area contributed by atoms with Crippen LogP contribution in [0.25, 0.3) is 0 Å². The Hall–Kier alpha value is -0.250. The Kier molecular flexibility index (Phi) is 4.65. The second kappa shape index (κ2) is 5.39. The lowest BCUT2D eigenvalue weighted by Crippen LogP contribution is -2.14. The van der Waals surface area contributed by atoms with Crippen LogP contribution in [0.1, 0.15) is 13.8 Å². The molecule has 0 heterocycles. The Labute approximate surface area is 106 Å². The quantitative estimate of drug-likeness (QED) is 0.567. The molecule has 92 valence electrons. The van der Waals surface area contributed by atoms with Crippen molar-refractivity contribution in [3.05, 3.63) is 10.6 Å². The van der Waals surface area contributed by atoms with Crippen molar-refractivity contribution in [2.24, 2.45) is 17.3 Å². The topological polar surface area (TPSA) is 35.5 Å². The van der Waals surface area contributed by atoms with Crippen molar-refractivity contribution in [2.75, 3.05) is 20.3 Å². The Balaban J connectivity index is 2.49. The molecule has 5 heteroatoms. The summed E-state index contributed by atoms with van der Waals surface area (Å²) < 4.78 is 10.1. The second-order valence-corrected chi connectivity index (χ2v) is 5.45. The molecule has 1 aliphatic rings. The van der Waals surface area contributed by atoms with E-state index in [1.807, 2.05) is 13.8 Å². The summed E-state index contributed by atoms with van der Waals surface area (Å²) in [4.78, 5) is 11.7. The van der Waals surface area contributed by atoms with Gasteiger partial charge in [0.05, 0.1) is 12.5 Å². The van der Waals surface area contributed by atoms with Crippen LogP contribution in [0, 0.1) is 17.3 Å². The maximum atomic E-state index is 11.7. The van der Waals surface area contributed by atoms with Gasteiger partial charge in [0.1, 0.15) is 11.1 Å². The molecule has 0 amide bonds. The van der Waals surface area contributed by atoms with Crippen LogP contribution in [0.2, 0.25) is 0 Å². The molecule has 3 nitrogen and oxygen atoms in total. The van der Waals surface area contributed by atoms with Gasteiger partial charge >= 0.3 is 5.97 Å². The number of hydrogen-bond donors (Lipinski definition) is 0. The standard InChI is InChI=1S/C11H16Cl2O3/c1-11(2)7(6-8(12)13)9(11)10(14)16-5-4-15-3/h6-7,9H,4-5H2,1-3H3. The van der Waals surface area contributed by atoms with Crippen LogP contribution in [0.4, 0.5) is 0 Å². The summed E-state index contributed by atoms with van der Waals surface area (Å²) in [6.45, 7) is 4.68. The minimum Gasteiger partial charge on any atom is -0.463 e. The molecule has 0 aromatic heterocycles. The Morgan fingerprint density at radius 3 is 2.50 bits per heavy atom. The van der Waals surface area contributed by atoms with Gasteiger partial charge in [0.2, 0.25) is 0 Å². The first-order chi connectivity index (χ1) is 7.41. The molecule has 16 heavy (non-hydrogen) atoms. The fourth-order valence-corrected chi connectivity index (χ4v) is 2.16. The lowest BCUT2D eigenvalue weighted by atomic mass is 10.1. The molecule has 0 bridgehead atoms. The summed E-state index contributed by atoms with van der Waals surface area (Å²) in [5, 5.41) is 0. The third-order valence-corrected chi connectivity index (χ3v) is 3.25. The fraction of sp³-hybridized carbons (Fsp3) is 0.727. The van der Waals surface area contributed by atoms with Gasteiger partial charge in [0.15, 0.2) is 0 Å². The molecule has 0 N–H and O–H groups in total. The average molecular weight is 267 g/mol. The van der Waals surface area contributed by atoms with Crippen LogP contribution < -0.4 is 0 Å². The van der Waals surface area contributed by atoms with Crippen molar-refractivity contribution in [3.63, 3.8) is 0 Å². The highest BCUT2D eigenvalue weighted by Crippen LogP contribution is 2.60. The normalized spacial score (nSPS) is 26.1. The molecule has 1 fully saturated rings. The summed E-state index contributed by atoms with van der Waals surface area (Å²) in [5.74, 6) is -0.303. The summed E-state index contributed by atoms with van der Waals surface area (Å²) in [7, 11) is 1.56. The Morgan fingerprint density at radius 1 is 1.38 bits per heavy atom. The van der Waals surface area contributed by atoms with Crippen molar-refractivity contribution >= 4 is 29.2 Å². The van der Waals surface area contributed by atoms with Gasteiger partial charge in [-0.15, -0.1) is 0 Å². The summed E-state index contributed by atoms with van der Waals surface area (Å²) in [6.07, 6.45) is 1.70. The number of esters is 1. The van der Waals surface area contributed by atoms with E-state index >= 15 is 0 Å². The predicted molar refractivity (Wildman–Crippen MR) is 63.4 cm³/mol. The van der Waals surface area contributed by atoms with Crippen LogP contribution in [0.3, 0.4) is 0 Å². The highest BCUT2D eigenvalue weighted by Gasteiger charge is 2.61. The molecule has 0 aliphatic heterocycles. The highest BCUT2D eigenvalue weighted by molar-refractivity contribution is 6.55. The van der Waals surface area contributed by atoms with Crippen LogP contribution in [0.5, 0.6) is 0 Å².